The molecule has 0 saturated carbocycles. The van der Waals surface area contributed by atoms with Gasteiger partial charge < -0.3 is 28.3 Å². The Morgan fingerprint density at radius 1 is 0.787 bits per heavy atom. The minimum absolute atomic E-state index is 0.0266. The summed E-state index contributed by atoms with van der Waals surface area (Å²) in [5, 5.41) is 3.34. The first-order valence-electron chi connectivity index (χ1n) is 26.7. The molecule has 0 spiro atoms. The van der Waals surface area contributed by atoms with Gasteiger partial charge in [0.15, 0.2) is 6.04 Å². The maximum atomic E-state index is 14.3. The lowest BCUT2D eigenvalue weighted by Gasteiger charge is -2.47. The van der Waals surface area contributed by atoms with Crippen molar-refractivity contribution in [2.75, 3.05) is 33.0 Å². The second kappa shape index (κ2) is 21.2. The summed E-state index contributed by atoms with van der Waals surface area (Å²) >= 11 is 3.78. The number of aryl methyl sites for hydroxylation is 1. The third-order valence-corrected chi connectivity index (χ3v) is 15.3. The van der Waals surface area contributed by atoms with Crippen LogP contribution in [-0.4, -0.2) is 111 Å². The standard InChI is InChI=1S/C60H74BrN5O9/c1-12-63-50-24-23-39(61)29-46(50)48(30-60(10,11)35-73-54(67)51-22-17-25-64(55(68)74-58(4,5)6)66(51)57(70)75-59(7,8)9)53(63)47-28-38(31-62-52(47)36(2)3)37-26-40-32-71-33-41(27-37)65(40)56(69)72-34-49-44-20-15-13-18-42(44)43-19-14-16-21-45(43)49/h13-16,18-21,23-24,28-29,31,36-37,40-41,49,51H,12,17,22,25-27,30,32-35H2,1-11H3/t37?,40-,41+,51-/m0/s1. The summed E-state index contributed by atoms with van der Waals surface area (Å²) in [6, 6.07) is 24.1. The number of aromatic nitrogens is 2. The lowest BCUT2D eigenvalue weighted by atomic mass is 9.80. The fraction of sp³-hybridized carbons (Fsp3) is 0.517. The topological polar surface area (TPSA) is 142 Å². The van der Waals surface area contributed by atoms with E-state index < -0.39 is 40.8 Å². The van der Waals surface area contributed by atoms with Crippen LogP contribution in [0.1, 0.15) is 148 Å². The van der Waals surface area contributed by atoms with Crippen LogP contribution in [0.5, 0.6) is 0 Å². The Morgan fingerprint density at radius 2 is 1.41 bits per heavy atom. The van der Waals surface area contributed by atoms with Crippen LogP contribution < -0.4 is 0 Å². The van der Waals surface area contributed by atoms with E-state index in [0.717, 1.165) is 48.5 Å². The van der Waals surface area contributed by atoms with Gasteiger partial charge in [0, 0.05) is 51.6 Å². The molecule has 1 aliphatic carbocycles. The van der Waals surface area contributed by atoms with Crippen molar-refractivity contribution in [2.45, 2.75) is 162 Å². The summed E-state index contributed by atoms with van der Waals surface area (Å²) in [7, 11) is 0. The first-order valence-corrected chi connectivity index (χ1v) is 27.5. The summed E-state index contributed by atoms with van der Waals surface area (Å²) in [6.07, 6.45) is 2.86. The minimum Gasteiger partial charge on any atom is -0.464 e. The normalized spacial score (nSPS) is 20.0. The smallest absolute Gasteiger partial charge is 0.430 e. The molecule has 75 heavy (non-hydrogen) atoms. The van der Waals surface area contributed by atoms with Crippen molar-refractivity contribution >= 4 is 51.1 Å². The maximum absolute atomic E-state index is 14.3. The van der Waals surface area contributed by atoms with Gasteiger partial charge in [0.2, 0.25) is 0 Å². The van der Waals surface area contributed by atoms with Crippen molar-refractivity contribution < 1.29 is 42.9 Å². The van der Waals surface area contributed by atoms with Gasteiger partial charge in [-0.2, -0.15) is 5.01 Å². The van der Waals surface area contributed by atoms with Crippen molar-refractivity contribution in [2.24, 2.45) is 5.41 Å². The number of benzene rings is 3. The van der Waals surface area contributed by atoms with Crippen LogP contribution >= 0.6 is 15.9 Å². The molecular formula is C60H74BrN5O9. The first kappa shape index (κ1) is 53.9. The Bertz CT molecular complexity index is 2910. The molecule has 400 valence electrons. The number of nitrogens with zero attached hydrogens (tertiary/aromatic N) is 5. The summed E-state index contributed by atoms with van der Waals surface area (Å²) in [6.45, 7) is 23.2. The number of pyridine rings is 1. The number of piperidine rings is 1. The average Bonchev–Trinajstić information content (AvgIpc) is 3.85. The predicted molar refractivity (Wildman–Crippen MR) is 292 cm³/mol. The molecular weight excluding hydrogens is 1010 g/mol. The van der Waals surface area contributed by atoms with Crippen molar-refractivity contribution in [3.05, 3.63) is 111 Å². The fourth-order valence-corrected chi connectivity index (χ4v) is 12.1. The molecule has 9 rings (SSSR count). The molecule has 5 aromatic rings. The number of carbonyl (C=O) groups is 4. The maximum Gasteiger partial charge on any atom is 0.430 e. The number of morpholine rings is 1. The Morgan fingerprint density at radius 3 is 2.03 bits per heavy atom. The van der Waals surface area contributed by atoms with Gasteiger partial charge in [-0.05, 0) is 150 Å². The Balaban J connectivity index is 0.977. The largest absolute Gasteiger partial charge is 0.464 e. The van der Waals surface area contributed by atoms with Crippen LogP contribution in [0.15, 0.2) is 83.5 Å². The van der Waals surface area contributed by atoms with Crippen molar-refractivity contribution in [1.82, 2.24) is 24.5 Å². The van der Waals surface area contributed by atoms with Gasteiger partial charge in [0.25, 0.3) is 0 Å². The van der Waals surface area contributed by atoms with Gasteiger partial charge in [-0.15, -0.1) is 0 Å². The van der Waals surface area contributed by atoms with E-state index in [1.54, 1.807) is 41.5 Å². The Hall–Kier alpha value is -5.93. The fourth-order valence-electron chi connectivity index (χ4n) is 11.7. The van der Waals surface area contributed by atoms with E-state index in [0.29, 0.717) is 45.4 Å². The SMILES string of the molecule is CCn1c(-c2cc(C3C[C@H]4COC[C@@H](C3)N4C(=O)OCC3c4ccccc4-c4ccccc43)cnc2C(C)C)c(CC(C)(C)COC(=O)[C@@H]2CCCN(C(=O)OC(C)(C)C)N2C(=O)OC(C)(C)C)c2cc(Br)ccc21. The van der Waals surface area contributed by atoms with E-state index in [1.807, 2.05) is 11.1 Å². The van der Waals surface area contributed by atoms with E-state index in [-0.39, 0.29) is 62.1 Å². The number of fused-ring (bicyclic) bond motifs is 6. The number of rotatable bonds is 11. The monoisotopic (exact) mass is 1090 g/mol. The summed E-state index contributed by atoms with van der Waals surface area (Å²) in [5.74, 6) is -0.438. The van der Waals surface area contributed by atoms with Crippen molar-refractivity contribution in [3.63, 3.8) is 0 Å². The van der Waals surface area contributed by atoms with E-state index in [9.17, 15) is 19.2 Å². The van der Waals surface area contributed by atoms with Crippen molar-refractivity contribution in [1.29, 1.82) is 0 Å². The summed E-state index contributed by atoms with van der Waals surface area (Å²) in [4.78, 5) is 63.1. The molecule has 15 heteroatoms. The van der Waals surface area contributed by atoms with Gasteiger partial charge >= 0.3 is 24.2 Å². The number of halogens is 1. The molecule has 3 aromatic carbocycles. The third kappa shape index (κ3) is 11.3. The molecule has 3 fully saturated rings. The molecule has 0 N–H and O–H groups in total. The second-order valence-corrected chi connectivity index (χ2v) is 24.8. The highest BCUT2D eigenvalue weighted by molar-refractivity contribution is 9.10. The number of carbonyl (C=O) groups excluding carboxylic acids is 4. The van der Waals surface area contributed by atoms with Crippen LogP contribution in [0, 0.1) is 5.41 Å². The highest BCUT2D eigenvalue weighted by Gasteiger charge is 2.46. The molecule has 5 heterocycles. The minimum atomic E-state index is -1.11. The van der Waals surface area contributed by atoms with E-state index >= 15 is 0 Å². The third-order valence-electron chi connectivity index (χ3n) is 14.8. The van der Waals surface area contributed by atoms with E-state index in [2.05, 4.69) is 128 Å². The van der Waals surface area contributed by atoms with Crippen LogP contribution in [0.4, 0.5) is 14.4 Å². The quantitative estimate of drug-likeness (QED) is 0.0927. The molecule has 3 saturated heterocycles. The highest BCUT2D eigenvalue weighted by Crippen LogP contribution is 2.47. The van der Waals surface area contributed by atoms with Crippen LogP contribution in [0.25, 0.3) is 33.3 Å². The average molecular weight is 1090 g/mol. The molecule has 2 bridgehead atoms. The molecule has 1 unspecified atom stereocenters. The molecule has 3 amide bonds. The lowest BCUT2D eigenvalue weighted by molar-refractivity contribution is -0.164. The van der Waals surface area contributed by atoms with Crippen LogP contribution in [0.2, 0.25) is 0 Å². The molecule has 4 aliphatic rings. The molecule has 2 aromatic heterocycles. The zero-order chi connectivity index (χ0) is 53.7. The Labute approximate surface area is 450 Å². The van der Waals surface area contributed by atoms with Crippen LogP contribution in [0.3, 0.4) is 0 Å². The van der Waals surface area contributed by atoms with Gasteiger partial charge in [-0.3, -0.25) is 9.88 Å². The highest BCUT2D eigenvalue weighted by atomic mass is 79.9. The van der Waals surface area contributed by atoms with Crippen LogP contribution in [-0.2, 0) is 41.4 Å². The number of amides is 3. The van der Waals surface area contributed by atoms with Gasteiger partial charge in [0.05, 0.1) is 43.3 Å². The first-order chi connectivity index (χ1) is 35.5. The molecule has 0 radical (unpaired) electrons. The Kier molecular flexibility index (Phi) is 15.3. The van der Waals surface area contributed by atoms with E-state index in [4.69, 9.17) is 28.7 Å². The summed E-state index contributed by atoms with van der Waals surface area (Å²) in [5.41, 5.74) is 8.84. The number of ether oxygens (including phenoxy) is 5. The lowest BCUT2D eigenvalue weighted by Crippen LogP contribution is -2.61. The van der Waals surface area contributed by atoms with Crippen molar-refractivity contribution in [3.8, 4) is 22.4 Å². The molecule has 3 aliphatic heterocycles. The number of hydrazine groups is 1. The zero-order valence-electron chi connectivity index (χ0n) is 45.5. The van der Waals surface area contributed by atoms with E-state index in [1.165, 1.54) is 27.3 Å². The number of hydrogen-bond acceptors (Lipinski definition) is 10. The predicted octanol–water partition coefficient (Wildman–Crippen LogP) is 13.2. The number of esters is 1. The second-order valence-electron chi connectivity index (χ2n) is 23.8. The summed E-state index contributed by atoms with van der Waals surface area (Å²) < 4.78 is 33.4. The zero-order valence-corrected chi connectivity index (χ0v) is 47.1. The molecule has 4 atom stereocenters. The number of hydrogen-bond donors (Lipinski definition) is 0. The molecule has 14 nitrogen and oxygen atoms in total. The van der Waals surface area contributed by atoms with Gasteiger partial charge in [0.1, 0.15) is 17.8 Å². The van der Waals surface area contributed by atoms with Gasteiger partial charge in [-0.1, -0.05) is 92.2 Å². The van der Waals surface area contributed by atoms with Gasteiger partial charge in [-0.25, -0.2) is 24.2 Å².